The molecule has 18 nitrogen and oxygen atoms in total. The average molecular weight is 785 g/mol. The van der Waals surface area contributed by atoms with E-state index in [-0.39, 0.29) is 34.5 Å². The lowest BCUT2D eigenvalue weighted by Gasteiger charge is -2.11. The molecule has 0 N–H and O–H groups in total. The van der Waals surface area contributed by atoms with Crippen molar-refractivity contribution < 1.29 is 38.6 Å². The summed E-state index contributed by atoms with van der Waals surface area (Å²) in [5.41, 5.74) is 2.51. The molecule has 0 saturated heterocycles. The average Bonchev–Trinajstić information content (AvgIpc) is 3.23. The van der Waals surface area contributed by atoms with Gasteiger partial charge in [-0.15, -0.1) is 0 Å². The van der Waals surface area contributed by atoms with Crippen LogP contribution in [-0.2, 0) is 0 Å². The van der Waals surface area contributed by atoms with Gasteiger partial charge in [0.2, 0.25) is 11.5 Å². The highest BCUT2D eigenvalue weighted by Gasteiger charge is 2.24. The first-order chi connectivity index (χ1) is 27.9. The van der Waals surface area contributed by atoms with Gasteiger partial charge in [-0.05, 0) is 95.1 Å². The predicted octanol–water partition coefficient (Wildman–Crippen LogP) is 10.1. The van der Waals surface area contributed by atoms with E-state index >= 15 is 0 Å². The van der Waals surface area contributed by atoms with Crippen molar-refractivity contribution in [3.63, 3.8) is 0 Å². The maximum Gasteiger partial charge on any atom is 0.318 e. The summed E-state index contributed by atoms with van der Waals surface area (Å²) in [6, 6.07) is 31.0. The Bertz CT molecular complexity index is 2430. The fraction of sp³-hybridized carbons (Fsp3) is 0.0500. The van der Waals surface area contributed by atoms with Gasteiger partial charge in [0, 0.05) is 24.6 Å². The molecule has 0 aliphatic rings. The van der Waals surface area contributed by atoms with Crippen LogP contribution >= 0.6 is 0 Å². The number of nitro groups is 4. The summed E-state index contributed by atoms with van der Waals surface area (Å²) in [4.78, 5) is 51.2. The summed E-state index contributed by atoms with van der Waals surface area (Å²) in [5, 5.41) is 45.2. The molecule has 6 rings (SSSR count). The molecule has 6 aromatic rings. The molecule has 6 aromatic carbocycles. The lowest BCUT2D eigenvalue weighted by molar-refractivity contribution is -0.394. The number of hydrogen-bond donors (Lipinski definition) is 0. The van der Waals surface area contributed by atoms with E-state index in [1.165, 1.54) is 14.2 Å². The van der Waals surface area contributed by atoms with E-state index in [2.05, 4.69) is 9.98 Å². The van der Waals surface area contributed by atoms with E-state index in [1.54, 1.807) is 48.8 Å². The first-order valence-corrected chi connectivity index (χ1v) is 16.8. The lowest BCUT2D eigenvalue weighted by Crippen LogP contribution is -1.97. The van der Waals surface area contributed by atoms with Gasteiger partial charge in [0.15, 0.2) is 23.0 Å². The first kappa shape index (κ1) is 39.2. The van der Waals surface area contributed by atoms with Gasteiger partial charge in [-0.3, -0.25) is 50.4 Å². The van der Waals surface area contributed by atoms with Crippen molar-refractivity contribution in [1.29, 1.82) is 0 Å². The quantitative estimate of drug-likeness (QED) is 0.0537. The number of ether oxygens (including phenoxy) is 4. The van der Waals surface area contributed by atoms with Crippen LogP contribution in [-0.4, -0.2) is 46.3 Å². The standard InChI is InChI=1S/C40H28N6O12/c1-55-39-19-25(3-15-37(39)57-35-17-13-31(43(47)48)21-33(35)45(51)52)23-41-29-9-5-27(6-10-29)28-7-11-30(12-8-28)42-24-26-4-16-38(40(20-26)56-2)58-36-18-14-32(44(49)50)22-34(36)46(53)54/h3-24H,1-2H3. The van der Waals surface area contributed by atoms with Gasteiger partial charge in [-0.1, -0.05) is 24.3 Å². The number of methoxy groups -OCH3 is 2. The van der Waals surface area contributed by atoms with Gasteiger partial charge in [-0.25, -0.2) is 0 Å². The molecule has 290 valence electrons. The fourth-order valence-electron chi connectivity index (χ4n) is 5.41. The van der Waals surface area contributed by atoms with Crippen molar-refractivity contribution >= 4 is 46.6 Å². The monoisotopic (exact) mass is 784 g/mol. The molecule has 0 unspecified atom stereocenters. The van der Waals surface area contributed by atoms with E-state index < -0.39 is 42.4 Å². The third-order valence-corrected chi connectivity index (χ3v) is 8.31. The molecule has 0 aromatic heterocycles. The van der Waals surface area contributed by atoms with Crippen LogP contribution in [0, 0.1) is 40.5 Å². The first-order valence-electron chi connectivity index (χ1n) is 16.8. The Morgan fingerprint density at radius 3 is 1.12 bits per heavy atom. The van der Waals surface area contributed by atoms with E-state index in [1.807, 2.05) is 48.5 Å². The largest absolute Gasteiger partial charge is 0.493 e. The van der Waals surface area contributed by atoms with Crippen LogP contribution in [0.1, 0.15) is 11.1 Å². The Kier molecular flexibility index (Phi) is 11.7. The van der Waals surface area contributed by atoms with Crippen LogP contribution in [0.4, 0.5) is 34.1 Å². The summed E-state index contributed by atoms with van der Waals surface area (Å²) in [7, 11) is 2.82. The Hall–Kier alpha value is -8.54. The van der Waals surface area contributed by atoms with Gasteiger partial charge >= 0.3 is 11.4 Å². The minimum Gasteiger partial charge on any atom is -0.493 e. The van der Waals surface area contributed by atoms with Crippen molar-refractivity contribution in [2.75, 3.05) is 14.2 Å². The van der Waals surface area contributed by atoms with E-state index in [9.17, 15) is 40.5 Å². The molecular weight excluding hydrogens is 756 g/mol. The fourth-order valence-corrected chi connectivity index (χ4v) is 5.41. The van der Waals surface area contributed by atoms with Gasteiger partial charge in [-0.2, -0.15) is 0 Å². The normalized spacial score (nSPS) is 11.0. The topological polar surface area (TPSA) is 234 Å². The van der Waals surface area contributed by atoms with Crippen molar-refractivity contribution in [1.82, 2.24) is 0 Å². The molecule has 0 amide bonds. The zero-order chi connectivity index (χ0) is 41.3. The maximum atomic E-state index is 11.5. The van der Waals surface area contributed by atoms with Crippen LogP contribution < -0.4 is 18.9 Å². The molecule has 0 aliphatic heterocycles. The summed E-state index contributed by atoms with van der Waals surface area (Å²) >= 11 is 0. The molecule has 0 atom stereocenters. The second kappa shape index (κ2) is 17.3. The highest BCUT2D eigenvalue weighted by molar-refractivity contribution is 5.84. The molecule has 0 fully saturated rings. The molecule has 0 bridgehead atoms. The number of non-ortho nitro benzene ring substituents is 2. The minimum atomic E-state index is -0.763. The number of hydrogen-bond acceptors (Lipinski definition) is 14. The number of benzene rings is 6. The highest BCUT2D eigenvalue weighted by Crippen LogP contribution is 2.40. The zero-order valence-corrected chi connectivity index (χ0v) is 30.3. The molecule has 0 aliphatic carbocycles. The van der Waals surface area contributed by atoms with Gasteiger partial charge in [0.05, 0.1) is 57.4 Å². The Morgan fingerprint density at radius 2 is 0.793 bits per heavy atom. The Morgan fingerprint density at radius 1 is 0.431 bits per heavy atom. The summed E-state index contributed by atoms with van der Waals surface area (Å²) in [5.74, 6) is 0.485. The van der Waals surface area contributed by atoms with Gasteiger partial charge in [0.1, 0.15) is 0 Å². The van der Waals surface area contributed by atoms with Crippen molar-refractivity contribution in [3.05, 3.63) is 173 Å². The van der Waals surface area contributed by atoms with E-state index in [4.69, 9.17) is 18.9 Å². The number of nitro benzene ring substituents is 4. The number of rotatable bonds is 15. The highest BCUT2D eigenvalue weighted by atomic mass is 16.6. The summed E-state index contributed by atoms with van der Waals surface area (Å²) in [6.07, 6.45) is 3.23. The molecule has 18 heteroatoms. The Balaban J connectivity index is 1.09. The van der Waals surface area contributed by atoms with Gasteiger partial charge < -0.3 is 18.9 Å². The van der Waals surface area contributed by atoms with Crippen LogP contribution in [0.15, 0.2) is 131 Å². The molecule has 58 heavy (non-hydrogen) atoms. The van der Waals surface area contributed by atoms with Gasteiger partial charge in [0.25, 0.3) is 11.4 Å². The lowest BCUT2D eigenvalue weighted by atomic mass is 10.1. The SMILES string of the molecule is COc1cc(C=Nc2ccc(-c3ccc(N=Cc4ccc(Oc5ccc([N+](=O)[O-])cc5[N+](=O)[O-])c(OC)c4)cc3)cc2)ccc1Oc1ccc([N+](=O)[O-])cc1[N+](=O)[O-]. The van der Waals surface area contributed by atoms with Crippen LogP contribution in [0.5, 0.6) is 34.5 Å². The number of nitrogens with zero attached hydrogens (tertiary/aromatic N) is 6. The summed E-state index contributed by atoms with van der Waals surface area (Å²) in [6.45, 7) is 0. The smallest absolute Gasteiger partial charge is 0.318 e. The van der Waals surface area contributed by atoms with Crippen molar-refractivity contribution in [2.45, 2.75) is 0 Å². The van der Waals surface area contributed by atoms with Crippen LogP contribution in [0.25, 0.3) is 11.1 Å². The molecular formula is C40H28N6O12. The molecule has 0 spiro atoms. The maximum absolute atomic E-state index is 11.5. The molecule has 0 heterocycles. The summed E-state index contributed by atoms with van der Waals surface area (Å²) < 4.78 is 22.2. The second-order valence-electron chi connectivity index (χ2n) is 12.0. The third kappa shape index (κ3) is 9.21. The van der Waals surface area contributed by atoms with Crippen molar-refractivity contribution in [3.8, 4) is 45.6 Å². The number of aliphatic imine (C=N–C) groups is 2. The molecule has 0 saturated carbocycles. The minimum absolute atomic E-state index is 0.164. The Labute approximate surface area is 327 Å². The van der Waals surface area contributed by atoms with Crippen molar-refractivity contribution in [2.24, 2.45) is 9.98 Å². The second-order valence-corrected chi connectivity index (χ2v) is 12.0. The molecule has 0 radical (unpaired) electrons. The zero-order valence-electron chi connectivity index (χ0n) is 30.3. The third-order valence-electron chi connectivity index (χ3n) is 8.31. The van der Waals surface area contributed by atoms with E-state index in [0.717, 1.165) is 47.5 Å². The van der Waals surface area contributed by atoms with Crippen LogP contribution in [0.3, 0.4) is 0 Å². The van der Waals surface area contributed by atoms with Crippen LogP contribution in [0.2, 0.25) is 0 Å². The predicted molar refractivity (Wildman–Crippen MR) is 212 cm³/mol. The van der Waals surface area contributed by atoms with E-state index in [0.29, 0.717) is 22.5 Å².